The SMILES string of the molecule is CCn1cc(Br)c(CNC(=O)c2ccc(COc3c(F)c(F)cc(F)c3F)cc2)n1. The lowest BCUT2D eigenvalue weighted by Crippen LogP contribution is -2.23. The van der Waals surface area contributed by atoms with Crippen molar-refractivity contribution in [2.45, 2.75) is 26.6 Å². The maximum absolute atomic E-state index is 13.6. The monoisotopic (exact) mass is 485 g/mol. The van der Waals surface area contributed by atoms with Gasteiger partial charge in [-0.05, 0) is 40.5 Å². The Kier molecular flexibility index (Phi) is 6.76. The second-order valence-corrected chi connectivity index (χ2v) is 7.10. The summed E-state index contributed by atoms with van der Waals surface area (Å²) in [7, 11) is 0. The Morgan fingerprint density at radius 3 is 2.33 bits per heavy atom. The fourth-order valence-electron chi connectivity index (χ4n) is 2.57. The topological polar surface area (TPSA) is 56.2 Å². The van der Waals surface area contributed by atoms with Gasteiger partial charge in [0.2, 0.25) is 11.6 Å². The number of halogens is 5. The number of hydrogen-bond acceptors (Lipinski definition) is 3. The first-order valence-electron chi connectivity index (χ1n) is 8.85. The van der Waals surface area contributed by atoms with Crippen LogP contribution in [0, 0.1) is 23.3 Å². The molecule has 0 fully saturated rings. The van der Waals surface area contributed by atoms with E-state index in [0.717, 1.165) is 4.47 Å². The van der Waals surface area contributed by atoms with Gasteiger partial charge in [0.15, 0.2) is 17.4 Å². The van der Waals surface area contributed by atoms with E-state index in [1.165, 1.54) is 24.3 Å². The van der Waals surface area contributed by atoms with Crippen molar-refractivity contribution in [3.63, 3.8) is 0 Å². The summed E-state index contributed by atoms with van der Waals surface area (Å²) in [6.45, 7) is 2.52. The molecule has 1 N–H and O–H groups in total. The van der Waals surface area contributed by atoms with Crippen molar-refractivity contribution < 1.29 is 27.1 Å². The maximum atomic E-state index is 13.6. The first kappa shape index (κ1) is 21.8. The van der Waals surface area contributed by atoms with Crippen molar-refractivity contribution in [2.24, 2.45) is 0 Å². The minimum Gasteiger partial charge on any atom is -0.483 e. The van der Waals surface area contributed by atoms with Crippen LogP contribution in [0.1, 0.15) is 28.5 Å². The molecule has 0 aliphatic rings. The molecule has 3 rings (SSSR count). The van der Waals surface area contributed by atoms with Gasteiger partial charge in [-0.15, -0.1) is 0 Å². The number of carbonyl (C=O) groups is 1. The molecule has 5 nitrogen and oxygen atoms in total. The van der Waals surface area contributed by atoms with Crippen LogP contribution in [0.25, 0.3) is 0 Å². The zero-order valence-electron chi connectivity index (χ0n) is 15.7. The van der Waals surface area contributed by atoms with E-state index >= 15 is 0 Å². The molecule has 0 saturated carbocycles. The van der Waals surface area contributed by atoms with Crippen LogP contribution < -0.4 is 10.1 Å². The second kappa shape index (κ2) is 9.29. The van der Waals surface area contributed by atoms with Crippen LogP contribution >= 0.6 is 15.9 Å². The molecule has 0 aliphatic carbocycles. The van der Waals surface area contributed by atoms with Crippen LogP contribution in [0.2, 0.25) is 0 Å². The fraction of sp³-hybridized carbons (Fsp3) is 0.200. The molecular formula is C20H16BrF4N3O2. The number of nitrogens with one attached hydrogen (secondary N) is 1. The van der Waals surface area contributed by atoms with Crippen LogP contribution in [0.5, 0.6) is 5.75 Å². The molecule has 0 aliphatic heterocycles. The Morgan fingerprint density at radius 1 is 1.13 bits per heavy atom. The summed E-state index contributed by atoms with van der Waals surface area (Å²) in [6, 6.07) is 6.10. The molecule has 0 atom stereocenters. The van der Waals surface area contributed by atoms with Crippen molar-refractivity contribution in [1.82, 2.24) is 15.1 Å². The molecule has 0 unspecified atom stereocenters. The summed E-state index contributed by atoms with van der Waals surface area (Å²) in [4.78, 5) is 12.3. The number of nitrogens with zero attached hydrogens (tertiary/aromatic N) is 2. The van der Waals surface area contributed by atoms with E-state index in [0.29, 0.717) is 23.4 Å². The predicted octanol–water partition coefficient (Wildman–Crippen LogP) is 4.73. The van der Waals surface area contributed by atoms with Crippen molar-refractivity contribution in [3.05, 3.63) is 81.1 Å². The zero-order valence-corrected chi connectivity index (χ0v) is 17.3. The van der Waals surface area contributed by atoms with E-state index in [-0.39, 0.29) is 25.1 Å². The molecule has 0 spiro atoms. The molecule has 1 amide bonds. The number of ether oxygens (including phenoxy) is 1. The van der Waals surface area contributed by atoms with Gasteiger partial charge in [-0.3, -0.25) is 9.48 Å². The van der Waals surface area contributed by atoms with Crippen molar-refractivity contribution in [1.29, 1.82) is 0 Å². The van der Waals surface area contributed by atoms with E-state index in [1.807, 2.05) is 13.1 Å². The van der Waals surface area contributed by atoms with E-state index in [4.69, 9.17) is 4.74 Å². The number of rotatable bonds is 7. The van der Waals surface area contributed by atoms with Gasteiger partial charge < -0.3 is 10.1 Å². The van der Waals surface area contributed by atoms with Gasteiger partial charge in [0.05, 0.1) is 16.7 Å². The van der Waals surface area contributed by atoms with Gasteiger partial charge in [0.25, 0.3) is 5.91 Å². The minimum atomic E-state index is -1.61. The number of carbonyl (C=O) groups excluding carboxylic acids is 1. The van der Waals surface area contributed by atoms with Crippen LogP contribution in [0.3, 0.4) is 0 Å². The summed E-state index contributed by atoms with van der Waals surface area (Å²) < 4.78 is 61.1. The highest BCUT2D eigenvalue weighted by molar-refractivity contribution is 9.10. The Labute approximate surface area is 177 Å². The van der Waals surface area contributed by atoms with Crippen molar-refractivity contribution in [3.8, 4) is 5.75 Å². The molecule has 0 saturated heterocycles. The van der Waals surface area contributed by atoms with E-state index in [2.05, 4.69) is 26.3 Å². The maximum Gasteiger partial charge on any atom is 0.251 e. The van der Waals surface area contributed by atoms with Gasteiger partial charge in [-0.1, -0.05) is 12.1 Å². The molecule has 0 bridgehead atoms. The van der Waals surface area contributed by atoms with Gasteiger partial charge in [0, 0.05) is 24.4 Å². The quantitative estimate of drug-likeness (QED) is 0.388. The lowest BCUT2D eigenvalue weighted by molar-refractivity contribution is 0.0950. The molecule has 2 aromatic carbocycles. The van der Waals surface area contributed by atoms with Crippen molar-refractivity contribution >= 4 is 21.8 Å². The molecule has 3 aromatic rings. The van der Waals surface area contributed by atoms with Crippen LogP contribution in [-0.4, -0.2) is 15.7 Å². The van der Waals surface area contributed by atoms with E-state index in [9.17, 15) is 22.4 Å². The third kappa shape index (κ3) is 4.81. The molecule has 0 radical (unpaired) electrons. The Balaban J connectivity index is 1.61. The average molecular weight is 486 g/mol. The molecule has 10 heteroatoms. The highest BCUT2D eigenvalue weighted by Gasteiger charge is 2.20. The van der Waals surface area contributed by atoms with E-state index in [1.54, 1.807) is 4.68 Å². The molecule has 1 aromatic heterocycles. The lowest BCUT2D eigenvalue weighted by atomic mass is 10.1. The largest absolute Gasteiger partial charge is 0.483 e. The Morgan fingerprint density at radius 2 is 1.77 bits per heavy atom. The minimum absolute atomic E-state index is 0.107. The lowest BCUT2D eigenvalue weighted by Gasteiger charge is -2.10. The zero-order chi connectivity index (χ0) is 21.8. The first-order chi connectivity index (χ1) is 14.3. The molecule has 30 heavy (non-hydrogen) atoms. The number of aromatic nitrogens is 2. The Hall–Kier alpha value is -2.88. The smallest absolute Gasteiger partial charge is 0.251 e. The number of benzene rings is 2. The highest BCUT2D eigenvalue weighted by Crippen LogP contribution is 2.27. The summed E-state index contributed by atoms with van der Waals surface area (Å²) in [6.07, 6.45) is 1.81. The van der Waals surface area contributed by atoms with E-state index < -0.39 is 29.0 Å². The summed E-state index contributed by atoms with van der Waals surface area (Å²) in [5.41, 5.74) is 1.47. The summed E-state index contributed by atoms with van der Waals surface area (Å²) in [5, 5.41) is 7.05. The van der Waals surface area contributed by atoms with Crippen LogP contribution in [0.4, 0.5) is 17.6 Å². The third-order valence-electron chi connectivity index (χ3n) is 4.20. The van der Waals surface area contributed by atoms with Crippen LogP contribution in [-0.2, 0) is 19.7 Å². The van der Waals surface area contributed by atoms with Gasteiger partial charge >= 0.3 is 0 Å². The van der Waals surface area contributed by atoms with Crippen LogP contribution in [0.15, 0.2) is 41.0 Å². The van der Waals surface area contributed by atoms with Crippen molar-refractivity contribution in [2.75, 3.05) is 0 Å². The Bertz CT molecular complexity index is 1040. The second-order valence-electron chi connectivity index (χ2n) is 6.25. The van der Waals surface area contributed by atoms with Gasteiger partial charge in [-0.2, -0.15) is 13.9 Å². The number of hydrogen-bond donors (Lipinski definition) is 1. The number of aryl methyl sites for hydroxylation is 1. The predicted molar refractivity (Wildman–Crippen MR) is 104 cm³/mol. The molecular weight excluding hydrogens is 470 g/mol. The highest BCUT2D eigenvalue weighted by atomic mass is 79.9. The fourth-order valence-corrected chi connectivity index (χ4v) is 3.03. The normalized spacial score (nSPS) is 10.9. The molecule has 1 heterocycles. The standard InChI is InChI=1S/C20H16BrF4N3O2/c1-2-28-9-13(21)16(27-28)8-26-20(29)12-5-3-11(4-6-12)10-30-19-17(24)14(22)7-15(23)18(19)25/h3-7,9H,2,8,10H2,1H3,(H,26,29). The summed E-state index contributed by atoms with van der Waals surface area (Å²) in [5.74, 6) is -7.79. The number of amides is 1. The van der Waals surface area contributed by atoms with Gasteiger partial charge in [0.1, 0.15) is 6.61 Å². The summed E-state index contributed by atoms with van der Waals surface area (Å²) >= 11 is 3.38. The third-order valence-corrected chi connectivity index (χ3v) is 4.86. The molecule has 158 valence electrons. The average Bonchev–Trinajstić information content (AvgIpc) is 3.10. The first-order valence-corrected chi connectivity index (χ1v) is 9.64. The van der Waals surface area contributed by atoms with Gasteiger partial charge in [-0.25, -0.2) is 8.78 Å².